The first-order valence-electron chi connectivity index (χ1n) is 4.28. The van der Waals surface area contributed by atoms with Crippen molar-refractivity contribution in [3.8, 4) is 6.07 Å². The molecule has 1 aromatic rings. The number of hydrogen-bond donors (Lipinski definition) is 1. The van der Waals surface area contributed by atoms with Gasteiger partial charge >= 0.3 is 11.5 Å². The minimum absolute atomic E-state index is 0.287. The summed E-state index contributed by atoms with van der Waals surface area (Å²) in [6.07, 6.45) is 0. The minimum atomic E-state index is -4.63. The molecule has 0 fully saturated rings. The molecule has 1 rings (SSSR count). The monoisotopic (exact) mass is 261 g/mol. The van der Waals surface area contributed by atoms with Crippen molar-refractivity contribution in [2.24, 2.45) is 0 Å². The fraction of sp³-hybridized carbons (Fsp3) is 0.200. The number of carboxylic acid groups (broad SMARTS) is 1. The summed E-state index contributed by atoms with van der Waals surface area (Å²) in [7, 11) is 0. The van der Waals surface area contributed by atoms with Crippen LogP contribution in [0.25, 0.3) is 0 Å². The Balaban J connectivity index is 3.44. The summed E-state index contributed by atoms with van der Waals surface area (Å²) in [4.78, 5) is 10.3. The lowest BCUT2D eigenvalue weighted by atomic mass is 10.1. The van der Waals surface area contributed by atoms with E-state index in [9.17, 15) is 18.0 Å². The van der Waals surface area contributed by atoms with Crippen LogP contribution in [0.3, 0.4) is 0 Å². The molecule has 0 unspecified atom stereocenters. The smallest absolute Gasteiger partial charge is 0.446 e. The number of carbonyl (C=O) groups is 1. The van der Waals surface area contributed by atoms with E-state index < -0.39 is 33.7 Å². The number of nitrogens with zero attached hydrogens (tertiary/aromatic N) is 1. The molecule has 0 spiro atoms. The molecule has 1 aromatic carbocycles. The van der Waals surface area contributed by atoms with Crippen molar-refractivity contribution >= 4 is 17.7 Å². The van der Waals surface area contributed by atoms with Gasteiger partial charge in [-0.25, -0.2) is 4.79 Å². The van der Waals surface area contributed by atoms with Crippen LogP contribution < -0.4 is 0 Å². The molecular formula is C10H6F3NO2S. The van der Waals surface area contributed by atoms with Crippen molar-refractivity contribution in [3.05, 3.63) is 28.8 Å². The molecule has 0 aromatic heterocycles. The molecular weight excluding hydrogens is 255 g/mol. The second-order valence-corrected chi connectivity index (χ2v) is 4.23. The SMILES string of the molecule is Cc1cc(C#N)c(SC(F)(F)F)c(C(=O)O)c1. The van der Waals surface area contributed by atoms with Crippen molar-refractivity contribution in [3.63, 3.8) is 0 Å². The Labute approximate surface area is 98.9 Å². The van der Waals surface area contributed by atoms with Crippen LogP contribution in [0, 0.1) is 18.3 Å². The molecule has 0 aliphatic heterocycles. The number of carboxylic acids is 1. The fourth-order valence-electron chi connectivity index (χ4n) is 1.24. The van der Waals surface area contributed by atoms with Gasteiger partial charge in [0, 0.05) is 4.90 Å². The van der Waals surface area contributed by atoms with E-state index in [1.807, 2.05) is 0 Å². The third kappa shape index (κ3) is 3.39. The quantitative estimate of drug-likeness (QED) is 0.830. The van der Waals surface area contributed by atoms with Crippen LogP contribution in [0.4, 0.5) is 13.2 Å². The Hall–Kier alpha value is -1.68. The van der Waals surface area contributed by atoms with E-state index in [1.54, 1.807) is 6.07 Å². The van der Waals surface area contributed by atoms with Gasteiger partial charge < -0.3 is 5.11 Å². The number of nitriles is 1. The number of thioether (sulfide) groups is 1. The van der Waals surface area contributed by atoms with Gasteiger partial charge in [0.25, 0.3) is 0 Å². The zero-order valence-electron chi connectivity index (χ0n) is 8.50. The number of rotatable bonds is 2. The third-order valence-electron chi connectivity index (χ3n) is 1.80. The normalized spacial score (nSPS) is 11.0. The van der Waals surface area contributed by atoms with Gasteiger partial charge in [0.05, 0.1) is 11.1 Å². The summed E-state index contributed by atoms with van der Waals surface area (Å²) < 4.78 is 36.8. The molecule has 17 heavy (non-hydrogen) atoms. The lowest BCUT2D eigenvalue weighted by Gasteiger charge is -2.11. The van der Waals surface area contributed by atoms with E-state index in [0.717, 1.165) is 6.07 Å². The maximum absolute atomic E-state index is 12.3. The Morgan fingerprint density at radius 2 is 2.06 bits per heavy atom. The lowest BCUT2D eigenvalue weighted by Crippen LogP contribution is -2.07. The van der Waals surface area contributed by atoms with Crippen molar-refractivity contribution in [1.29, 1.82) is 5.26 Å². The van der Waals surface area contributed by atoms with Crippen LogP contribution in [-0.2, 0) is 0 Å². The molecule has 3 nitrogen and oxygen atoms in total. The standard InChI is InChI=1S/C10H6F3NO2S/c1-5-2-6(4-14)8(17-10(11,12)13)7(3-5)9(15)16/h2-3H,1H3,(H,15,16). The van der Waals surface area contributed by atoms with Crippen LogP contribution in [0.1, 0.15) is 21.5 Å². The van der Waals surface area contributed by atoms with E-state index >= 15 is 0 Å². The Morgan fingerprint density at radius 1 is 1.47 bits per heavy atom. The van der Waals surface area contributed by atoms with Crippen LogP contribution in [0.15, 0.2) is 17.0 Å². The van der Waals surface area contributed by atoms with Crippen molar-refractivity contribution in [2.45, 2.75) is 17.3 Å². The zero-order chi connectivity index (χ0) is 13.2. The van der Waals surface area contributed by atoms with Crippen LogP contribution in [0.5, 0.6) is 0 Å². The Kier molecular flexibility index (Phi) is 3.68. The second-order valence-electron chi connectivity index (χ2n) is 3.15. The molecule has 90 valence electrons. The highest BCUT2D eigenvalue weighted by atomic mass is 32.2. The number of alkyl halides is 3. The molecule has 0 saturated carbocycles. The molecule has 7 heteroatoms. The van der Waals surface area contributed by atoms with Crippen molar-refractivity contribution in [2.75, 3.05) is 0 Å². The lowest BCUT2D eigenvalue weighted by molar-refractivity contribution is -0.0328. The van der Waals surface area contributed by atoms with Gasteiger partial charge in [-0.1, -0.05) is 0 Å². The molecule has 0 radical (unpaired) electrons. The summed E-state index contributed by atoms with van der Waals surface area (Å²) in [5, 5.41) is 17.5. The molecule has 0 amide bonds. The number of aryl methyl sites for hydroxylation is 1. The number of hydrogen-bond acceptors (Lipinski definition) is 3. The van der Waals surface area contributed by atoms with Crippen LogP contribution in [-0.4, -0.2) is 16.6 Å². The predicted molar refractivity (Wildman–Crippen MR) is 54.8 cm³/mol. The number of halogens is 3. The van der Waals surface area contributed by atoms with E-state index in [-0.39, 0.29) is 5.56 Å². The van der Waals surface area contributed by atoms with Gasteiger partial charge in [0.2, 0.25) is 0 Å². The van der Waals surface area contributed by atoms with Gasteiger partial charge in [-0.05, 0) is 36.4 Å². The van der Waals surface area contributed by atoms with E-state index in [2.05, 4.69) is 0 Å². The highest BCUT2D eigenvalue weighted by molar-refractivity contribution is 8.00. The first-order chi connectivity index (χ1) is 7.74. The molecule has 0 heterocycles. The molecule has 0 bridgehead atoms. The van der Waals surface area contributed by atoms with Gasteiger partial charge in [-0.3, -0.25) is 0 Å². The van der Waals surface area contributed by atoms with Gasteiger partial charge in [0.1, 0.15) is 6.07 Å². The van der Waals surface area contributed by atoms with Crippen molar-refractivity contribution in [1.82, 2.24) is 0 Å². The summed E-state index contributed by atoms with van der Waals surface area (Å²) in [5.41, 5.74) is -5.01. The molecule has 1 N–H and O–H groups in total. The maximum Gasteiger partial charge on any atom is 0.446 e. The number of benzene rings is 1. The molecule has 0 aliphatic rings. The Bertz CT molecular complexity index is 505. The average Bonchev–Trinajstić information content (AvgIpc) is 2.17. The maximum atomic E-state index is 12.3. The fourth-order valence-corrected chi connectivity index (χ4v) is 1.94. The van der Waals surface area contributed by atoms with Crippen LogP contribution >= 0.6 is 11.8 Å². The van der Waals surface area contributed by atoms with Gasteiger partial charge in [-0.15, -0.1) is 0 Å². The highest BCUT2D eigenvalue weighted by Crippen LogP contribution is 2.40. The zero-order valence-corrected chi connectivity index (χ0v) is 9.32. The first-order valence-corrected chi connectivity index (χ1v) is 5.10. The predicted octanol–water partition coefficient (Wildman–Crippen LogP) is 3.18. The number of aromatic carboxylic acids is 1. The topological polar surface area (TPSA) is 61.1 Å². The summed E-state index contributed by atoms with van der Waals surface area (Å²) in [5.74, 6) is -1.49. The van der Waals surface area contributed by atoms with Crippen LogP contribution in [0.2, 0.25) is 0 Å². The molecule has 0 saturated heterocycles. The molecule has 0 atom stereocenters. The second kappa shape index (κ2) is 4.67. The Morgan fingerprint density at radius 3 is 2.47 bits per heavy atom. The average molecular weight is 261 g/mol. The van der Waals surface area contributed by atoms with Crippen molar-refractivity contribution < 1.29 is 23.1 Å². The van der Waals surface area contributed by atoms with Gasteiger partial charge in [-0.2, -0.15) is 18.4 Å². The van der Waals surface area contributed by atoms with E-state index in [4.69, 9.17) is 10.4 Å². The highest BCUT2D eigenvalue weighted by Gasteiger charge is 2.33. The summed E-state index contributed by atoms with van der Waals surface area (Å²) in [6, 6.07) is 3.90. The largest absolute Gasteiger partial charge is 0.478 e. The van der Waals surface area contributed by atoms with Gasteiger partial charge in [0.15, 0.2) is 0 Å². The third-order valence-corrected chi connectivity index (χ3v) is 2.68. The first kappa shape index (κ1) is 13.4. The minimum Gasteiger partial charge on any atom is -0.478 e. The molecule has 0 aliphatic carbocycles. The van der Waals surface area contributed by atoms with E-state index in [1.165, 1.54) is 13.0 Å². The summed E-state index contributed by atoms with van der Waals surface area (Å²) in [6.45, 7) is 1.51. The summed E-state index contributed by atoms with van der Waals surface area (Å²) >= 11 is -0.588. The van der Waals surface area contributed by atoms with E-state index in [0.29, 0.717) is 5.56 Å².